The minimum Gasteiger partial charge on any atom is -0.508 e. The highest BCUT2D eigenvalue weighted by atomic mass is 16.5. The van der Waals surface area contributed by atoms with Crippen molar-refractivity contribution in [1.29, 1.82) is 0 Å². The fourth-order valence-electron chi connectivity index (χ4n) is 1.29. The molecule has 1 atom stereocenters. The monoisotopic (exact) mass is 210 g/mol. The maximum Gasteiger partial charge on any atom is 0.312 e. The molecule has 0 saturated carbocycles. The Balaban J connectivity index is 2.57. The number of quaternary nitrogens is 1. The Labute approximate surface area is 88.7 Å². The summed E-state index contributed by atoms with van der Waals surface area (Å²) in [6.45, 7) is 2.16. The summed E-state index contributed by atoms with van der Waals surface area (Å²) in [6.07, 6.45) is 0.263. The predicted octanol–water partition coefficient (Wildman–Crippen LogP) is 0.628. The van der Waals surface area contributed by atoms with Crippen molar-refractivity contribution >= 4 is 5.97 Å². The molecule has 1 rings (SSSR count). The number of carbonyl (C=O) groups excluding carboxylic acids is 1. The highest BCUT2D eigenvalue weighted by Crippen LogP contribution is 2.16. The lowest BCUT2D eigenvalue weighted by atomic mass is 10.0. The number of phenols is 1. The first-order valence-corrected chi connectivity index (χ1v) is 4.91. The molecular formula is C11H16NO3+. The van der Waals surface area contributed by atoms with Crippen LogP contribution < -0.4 is 5.73 Å². The number of rotatable bonds is 4. The molecule has 1 aromatic rings. The molecule has 0 heterocycles. The second-order valence-electron chi connectivity index (χ2n) is 3.30. The molecule has 0 aliphatic heterocycles. The number of ether oxygens (including phenoxy) is 1. The third-order valence-electron chi connectivity index (χ3n) is 2.08. The Kier molecular flexibility index (Phi) is 4.12. The zero-order chi connectivity index (χ0) is 11.3. The minimum absolute atomic E-state index is 0.135. The molecule has 0 aromatic heterocycles. The van der Waals surface area contributed by atoms with Crippen molar-refractivity contribution in [2.45, 2.75) is 19.4 Å². The van der Waals surface area contributed by atoms with E-state index in [4.69, 9.17) is 9.84 Å². The first-order chi connectivity index (χ1) is 7.13. The van der Waals surface area contributed by atoms with E-state index in [1.807, 2.05) is 0 Å². The molecule has 0 amide bonds. The number of phenolic OH excluding ortho intramolecular Hbond substituents is 1. The highest BCUT2D eigenvalue weighted by molar-refractivity contribution is 5.70. The SMILES string of the molecule is CCOC(=O)C[C@@H]([NH3+])c1ccc(O)cc1. The molecule has 0 unspecified atom stereocenters. The maximum absolute atomic E-state index is 11.2. The quantitative estimate of drug-likeness (QED) is 0.716. The van der Waals surface area contributed by atoms with Crippen LogP contribution in [-0.2, 0) is 9.53 Å². The molecule has 4 N–H and O–H groups in total. The van der Waals surface area contributed by atoms with Crippen LogP contribution in [0, 0.1) is 0 Å². The lowest BCUT2D eigenvalue weighted by molar-refractivity contribution is -0.425. The van der Waals surface area contributed by atoms with Gasteiger partial charge in [-0.25, -0.2) is 0 Å². The van der Waals surface area contributed by atoms with Crippen molar-refractivity contribution in [3.8, 4) is 5.75 Å². The average Bonchev–Trinajstić information content (AvgIpc) is 2.18. The zero-order valence-corrected chi connectivity index (χ0v) is 8.77. The Hall–Kier alpha value is -1.55. The topological polar surface area (TPSA) is 74.2 Å². The smallest absolute Gasteiger partial charge is 0.312 e. The number of aromatic hydroxyl groups is 1. The van der Waals surface area contributed by atoms with Gasteiger partial charge in [0.2, 0.25) is 0 Å². The van der Waals surface area contributed by atoms with E-state index in [1.54, 1.807) is 31.2 Å². The Morgan fingerprint density at radius 1 is 1.47 bits per heavy atom. The van der Waals surface area contributed by atoms with Gasteiger partial charge in [-0.05, 0) is 31.2 Å². The molecule has 0 bridgehead atoms. The third kappa shape index (κ3) is 3.59. The van der Waals surface area contributed by atoms with Crippen LogP contribution in [0.2, 0.25) is 0 Å². The molecule has 1 aromatic carbocycles. The summed E-state index contributed by atoms with van der Waals surface area (Å²) in [5, 5.41) is 9.09. The number of hydrogen-bond donors (Lipinski definition) is 2. The Bertz CT molecular complexity index is 321. The maximum atomic E-state index is 11.2. The third-order valence-corrected chi connectivity index (χ3v) is 2.08. The summed E-state index contributed by atoms with van der Waals surface area (Å²) in [5.41, 5.74) is 4.80. The van der Waals surface area contributed by atoms with E-state index in [1.165, 1.54) is 0 Å². The molecule has 0 radical (unpaired) electrons. The normalized spacial score (nSPS) is 12.1. The molecule has 4 nitrogen and oxygen atoms in total. The van der Waals surface area contributed by atoms with Gasteiger partial charge >= 0.3 is 5.97 Å². The van der Waals surface area contributed by atoms with Gasteiger partial charge in [0.15, 0.2) is 0 Å². The van der Waals surface area contributed by atoms with Crippen LogP contribution in [0.25, 0.3) is 0 Å². The van der Waals surface area contributed by atoms with Crippen molar-refractivity contribution < 1.29 is 20.4 Å². The van der Waals surface area contributed by atoms with Crippen molar-refractivity contribution in [2.75, 3.05) is 6.61 Å². The van der Waals surface area contributed by atoms with E-state index in [2.05, 4.69) is 5.73 Å². The molecule has 0 saturated heterocycles. The van der Waals surface area contributed by atoms with Gasteiger partial charge in [0.25, 0.3) is 0 Å². The van der Waals surface area contributed by atoms with Crippen LogP contribution in [0.3, 0.4) is 0 Å². The number of benzene rings is 1. The minimum atomic E-state index is -0.245. The van der Waals surface area contributed by atoms with Gasteiger partial charge in [0.1, 0.15) is 18.2 Å². The van der Waals surface area contributed by atoms with Crippen LogP contribution in [0.4, 0.5) is 0 Å². The van der Waals surface area contributed by atoms with E-state index in [-0.39, 0.29) is 24.2 Å². The standard InChI is InChI=1S/C11H15NO3/c1-2-15-11(14)7-10(12)8-3-5-9(13)6-4-8/h3-6,10,13H,2,7,12H2,1H3/p+1/t10-/m1/s1. The van der Waals surface area contributed by atoms with Crippen molar-refractivity contribution in [3.05, 3.63) is 29.8 Å². The van der Waals surface area contributed by atoms with E-state index < -0.39 is 0 Å². The summed E-state index contributed by atoms with van der Waals surface area (Å²) >= 11 is 0. The first kappa shape index (κ1) is 11.5. The molecular weight excluding hydrogens is 194 g/mol. The molecule has 15 heavy (non-hydrogen) atoms. The van der Waals surface area contributed by atoms with Crippen molar-refractivity contribution in [2.24, 2.45) is 0 Å². The molecule has 0 aliphatic rings. The van der Waals surface area contributed by atoms with Gasteiger partial charge in [0, 0.05) is 5.56 Å². The fourth-order valence-corrected chi connectivity index (χ4v) is 1.29. The molecule has 0 aliphatic carbocycles. The second-order valence-corrected chi connectivity index (χ2v) is 3.30. The van der Waals surface area contributed by atoms with E-state index in [0.29, 0.717) is 6.61 Å². The van der Waals surface area contributed by atoms with Gasteiger partial charge in [-0.1, -0.05) is 0 Å². The summed E-state index contributed by atoms with van der Waals surface area (Å²) in [7, 11) is 0. The van der Waals surface area contributed by atoms with Gasteiger partial charge in [-0.3, -0.25) is 4.79 Å². The highest BCUT2D eigenvalue weighted by Gasteiger charge is 2.15. The predicted molar refractivity (Wildman–Crippen MR) is 55.0 cm³/mol. The molecule has 82 valence electrons. The van der Waals surface area contributed by atoms with Gasteiger partial charge in [0.05, 0.1) is 6.61 Å². The fraction of sp³-hybridized carbons (Fsp3) is 0.364. The van der Waals surface area contributed by atoms with Crippen LogP contribution >= 0.6 is 0 Å². The lowest BCUT2D eigenvalue weighted by Gasteiger charge is -2.08. The molecule has 0 fully saturated rings. The van der Waals surface area contributed by atoms with Crippen LogP contribution in [0.5, 0.6) is 5.75 Å². The Morgan fingerprint density at radius 2 is 2.07 bits per heavy atom. The van der Waals surface area contributed by atoms with Crippen LogP contribution in [0.15, 0.2) is 24.3 Å². The molecule has 4 heteroatoms. The van der Waals surface area contributed by atoms with Crippen molar-refractivity contribution in [1.82, 2.24) is 0 Å². The van der Waals surface area contributed by atoms with E-state index >= 15 is 0 Å². The largest absolute Gasteiger partial charge is 0.508 e. The first-order valence-electron chi connectivity index (χ1n) is 4.91. The van der Waals surface area contributed by atoms with Crippen LogP contribution in [0.1, 0.15) is 24.9 Å². The zero-order valence-electron chi connectivity index (χ0n) is 8.77. The Morgan fingerprint density at radius 3 is 2.60 bits per heavy atom. The summed E-state index contributed by atoms with van der Waals surface area (Å²) < 4.78 is 4.83. The summed E-state index contributed by atoms with van der Waals surface area (Å²) in [6, 6.07) is 6.54. The average molecular weight is 210 g/mol. The summed E-state index contributed by atoms with van der Waals surface area (Å²) in [4.78, 5) is 11.2. The van der Waals surface area contributed by atoms with Crippen molar-refractivity contribution in [3.63, 3.8) is 0 Å². The number of esters is 1. The van der Waals surface area contributed by atoms with Gasteiger partial charge < -0.3 is 15.6 Å². The van der Waals surface area contributed by atoms with Gasteiger partial charge in [-0.2, -0.15) is 0 Å². The lowest BCUT2D eigenvalue weighted by Crippen LogP contribution is -2.54. The number of hydrogen-bond acceptors (Lipinski definition) is 3. The van der Waals surface area contributed by atoms with E-state index in [0.717, 1.165) is 5.56 Å². The summed E-state index contributed by atoms with van der Waals surface area (Å²) in [5.74, 6) is -0.0346. The van der Waals surface area contributed by atoms with E-state index in [9.17, 15) is 4.79 Å². The number of carbonyl (C=O) groups is 1. The molecule has 0 spiro atoms. The second kappa shape index (κ2) is 5.36. The van der Waals surface area contributed by atoms with Gasteiger partial charge in [-0.15, -0.1) is 0 Å². The van der Waals surface area contributed by atoms with Crippen LogP contribution in [-0.4, -0.2) is 17.7 Å².